The number of H-pyrrole nitrogens is 1. The molecule has 0 fully saturated rings. The Morgan fingerprint density at radius 2 is 1.60 bits per heavy atom. The molecule has 0 saturated carbocycles. The molecule has 4 aromatic rings. The van der Waals surface area contributed by atoms with Crippen molar-refractivity contribution in [3.8, 4) is 22.5 Å². The molecule has 3 N–H and O–H groups in total. The van der Waals surface area contributed by atoms with Crippen LogP contribution in [-0.4, -0.2) is 26.7 Å². The van der Waals surface area contributed by atoms with Crippen molar-refractivity contribution in [3.05, 3.63) is 76.5 Å². The fourth-order valence-corrected chi connectivity index (χ4v) is 3.38. The number of urea groups is 1. The quantitative estimate of drug-likeness (QED) is 0.381. The van der Waals surface area contributed by atoms with Gasteiger partial charge in [-0.25, -0.2) is 14.3 Å². The van der Waals surface area contributed by atoms with Gasteiger partial charge < -0.3 is 10.6 Å². The number of tetrazole rings is 1. The minimum atomic E-state index is -0.503. The SMILES string of the molecule is O=C(Nc1cc(Cl)cc(Cl)c1)Nc1ccc(-c2ccc(F)cc2)cc1-c1nnn[nH]1. The van der Waals surface area contributed by atoms with E-state index < -0.39 is 6.03 Å². The summed E-state index contributed by atoms with van der Waals surface area (Å²) in [7, 11) is 0. The van der Waals surface area contributed by atoms with Crippen molar-refractivity contribution in [2.75, 3.05) is 10.6 Å². The number of rotatable bonds is 4. The molecular weight excluding hydrogens is 430 g/mol. The number of carbonyl (C=O) groups is 1. The van der Waals surface area contributed by atoms with E-state index >= 15 is 0 Å². The number of anilines is 2. The van der Waals surface area contributed by atoms with Crippen molar-refractivity contribution in [1.82, 2.24) is 20.6 Å². The normalized spacial score (nSPS) is 10.6. The minimum absolute atomic E-state index is 0.325. The van der Waals surface area contributed by atoms with Crippen molar-refractivity contribution in [2.45, 2.75) is 0 Å². The smallest absolute Gasteiger partial charge is 0.308 e. The molecule has 150 valence electrons. The van der Waals surface area contributed by atoms with Crippen LogP contribution in [0.15, 0.2) is 60.7 Å². The zero-order valence-electron chi connectivity index (χ0n) is 15.2. The Morgan fingerprint density at radius 3 is 2.27 bits per heavy atom. The van der Waals surface area contributed by atoms with Gasteiger partial charge in [-0.05, 0) is 64.0 Å². The molecule has 10 heteroatoms. The zero-order chi connectivity index (χ0) is 21.1. The molecule has 0 spiro atoms. The van der Waals surface area contributed by atoms with Crippen LogP contribution in [0.3, 0.4) is 0 Å². The molecule has 1 heterocycles. The maximum Gasteiger partial charge on any atom is 0.323 e. The summed E-state index contributed by atoms with van der Waals surface area (Å²) in [4.78, 5) is 12.5. The van der Waals surface area contributed by atoms with Gasteiger partial charge in [0.2, 0.25) is 0 Å². The lowest BCUT2D eigenvalue weighted by atomic mass is 10.0. The molecule has 0 aliphatic carbocycles. The van der Waals surface area contributed by atoms with Crippen LogP contribution in [0, 0.1) is 5.82 Å². The van der Waals surface area contributed by atoms with Gasteiger partial charge in [0.25, 0.3) is 0 Å². The van der Waals surface area contributed by atoms with Crippen molar-refractivity contribution in [2.24, 2.45) is 0 Å². The van der Waals surface area contributed by atoms with Crippen LogP contribution in [0.4, 0.5) is 20.6 Å². The van der Waals surface area contributed by atoms with E-state index in [2.05, 4.69) is 31.3 Å². The van der Waals surface area contributed by atoms with Gasteiger partial charge in [0.1, 0.15) is 5.82 Å². The summed E-state index contributed by atoms with van der Waals surface area (Å²) in [5, 5.41) is 20.0. The number of halogens is 3. The van der Waals surface area contributed by atoms with E-state index in [1.807, 2.05) is 0 Å². The molecule has 3 aromatic carbocycles. The first-order valence-corrected chi connectivity index (χ1v) is 9.42. The number of hydrogen-bond acceptors (Lipinski definition) is 4. The monoisotopic (exact) mass is 442 g/mol. The van der Waals surface area contributed by atoms with Crippen molar-refractivity contribution in [1.29, 1.82) is 0 Å². The van der Waals surface area contributed by atoms with Crippen LogP contribution < -0.4 is 10.6 Å². The van der Waals surface area contributed by atoms with Gasteiger partial charge in [-0.1, -0.05) is 41.4 Å². The van der Waals surface area contributed by atoms with Gasteiger partial charge in [-0.3, -0.25) is 0 Å². The van der Waals surface area contributed by atoms with Gasteiger partial charge >= 0.3 is 6.03 Å². The van der Waals surface area contributed by atoms with Crippen molar-refractivity contribution >= 4 is 40.6 Å². The van der Waals surface area contributed by atoms with E-state index in [9.17, 15) is 9.18 Å². The lowest BCUT2D eigenvalue weighted by molar-refractivity contribution is 0.262. The van der Waals surface area contributed by atoms with Gasteiger partial charge in [-0.15, -0.1) is 5.10 Å². The van der Waals surface area contributed by atoms with Gasteiger partial charge in [0, 0.05) is 21.3 Å². The average molecular weight is 443 g/mol. The fourth-order valence-electron chi connectivity index (χ4n) is 2.85. The second-order valence-electron chi connectivity index (χ2n) is 6.25. The summed E-state index contributed by atoms with van der Waals surface area (Å²) in [6.07, 6.45) is 0. The lowest BCUT2D eigenvalue weighted by Crippen LogP contribution is -2.20. The molecule has 7 nitrogen and oxygen atoms in total. The fraction of sp³-hybridized carbons (Fsp3) is 0. The number of benzene rings is 3. The van der Waals surface area contributed by atoms with E-state index in [4.69, 9.17) is 23.2 Å². The highest BCUT2D eigenvalue weighted by atomic mass is 35.5. The molecule has 0 radical (unpaired) electrons. The Kier molecular flexibility index (Phi) is 5.60. The standard InChI is InChI=1S/C20H13Cl2FN6O/c21-13-8-14(22)10-16(9-13)24-20(30)25-18-6-3-12(11-1-4-15(23)5-2-11)7-17(18)19-26-28-29-27-19/h1-10H,(H2,24,25,30)(H,26,27,28,29). The second-order valence-corrected chi connectivity index (χ2v) is 7.13. The minimum Gasteiger partial charge on any atom is -0.308 e. The van der Waals surface area contributed by atoms with E-state index in [1.54, 1.807) is 48.5 Å². The molecule has 0 unspecified atom stereocenters. The number of aromatic amines is 1. The molecule has 0 aliphatic rings. The number of nitrogens with one attached hydrogen (secondary N) is 3. The van der Waals surface area contributed by atoms with Crippen LogP contribution in [0.1, 0.15) is 0 Å². The molecule has 30 heavy (non-hydrogen) atoms. The third-order valence-corrected chi connectivity index (χ3v) is 4.60. The largest absolute Gasteiger partial charge is 0.323 e. The van der Waals surface area contributed by atoms with Gasteiger partial charge in [-0.2, -0.15) is 0 Å². The van der Waals surface area contributed by atoms with E-state index in [1.165, 1.54) is 12.1 Å². The van der Waals surface area contributed by atoms with Crippen LogP contribution >= 0.6 is 23.2 Å². The number of aromatic nitrogens is 4. The van der Waals surface area contributed by atoms with Crippen LogP contribution in [0.25, 0.3) is 22.5 Å². The molecule has 2 amide bonds. The highest BCUT2D eigenvalue weighted by Gasteiger charge is 2.14. The summed E-state index contributed by atoms with van der Waals surface area (Å²) >= 11 is 11.9. The Morgan fingerprint density at radius 1 is 0.900 bits per heavy atom. The highest BCUT2D eigenvalue weighted by molar-refractivity contribution is 6.35. The topological polar surface area (TPSA) is 95.6 Å². The van der Waals surface area contributed by atoms with Gasteiger partial charge in [0.05, 0.1) is 5.69 Å². The third kappa shape index (κ3) is 4.56. The summed E-state index contributed by atoms with van der Waals surface area (Å²) in [6.45, 7) is 0. The Hall–Kier alpha value is -3.49. The maximum atomic E-state index is 13.2. The first kappa shape index (κ1) is 19.8. The summed E-state index contributed by atoms with van der Waals surface area (Å²) in [5.74, 6) is 0.0366. The maximum absolute atomic E-state index is 13.2. The van der Waals surface area contributed by atoms with Gasteiger partial charge in [0.15, 0.2) is 5.82 Å². The van der Waals surface area contributed by atoms with Crippen molar-refractivity contribution in [3.63, 3.8) is 0 Å². The Labute approximate surface area is 180 Å². The molecule has 0 aliphatic heterocycles. The van der Waals surface area contributed by atoms with E-state index in [-0.39, 0.29) is 5.82 Å². The molecule has 0 atom stereocenters. The highest BCUT2D eigenvalue weighted by Crippen LogP contribution is 2.31. The predicted molar refractivity (Wildman–Crippen MR) is 114 cm³/mol. The summed E-state index contributed by atoms with van der Waals surface area (Å²) in [6, 6.07) is 15.6. The summed E-state index contributed by atoms with van der Waals surface area (Å²) < 4.78 is 13.2. The molecule has 0 saturated heterocycles. The predicted octanol–water partition coefficient (Wildman–Crippen LogP) is 5.62. The van der Waals surface area contributed by atoms with E-state index in [0.29, 0.717) is 32.8 Å². The Balaban J connectivity index is 1.63. The lowest BCUT2D eigenvalue weighted by Gasteiger charge is -2.13. The van der Waals surface area contributed by atoms with E-state index in [0.717, 1.165) is 11.1 Å². The number of hydrogen-bond donors (Lipinski definition) is 3. The molecule has 1 aromatic heterocycles. The second kappa shape index (κ2) is 8.48. The van der Waals surface area contributed by atoms with Crippen LogP contribution in [0.2, 0.25) is 10.0 Å². The number of nitrogens with zero attached hydrogens (tertiary/aromatic N) is 3. The van der Waals surface area contributed by atoms with Crippen LogP contribution in [-0.2, 0) is 0 Å². The molecular formula is C20H13Cl2FN6O. The van der Waals surface area contributed by atoms with Crippen LogP contribution in [0.5, 0.6) is 0 Å². The third-order valence-electron chi connectivity index (χ3n) is 4.17. The number of carbonyl (C=O) groups excluding carboxylic acids is 1. The summed E-state index contributed by atoms with van der Waals surface area (Å²) in [5.41, 5.74) is 3.06. The Bertz CT molecular complexity index is 1180. The van der Waals surface area contributed by atoms with Crippen molar-refractivity contribution < 1.29 is 9.18 Å². The zero-order valence-corrected chi connectivity index (χ0v) is 16.7. The average Bonchev–Trinajstić information content (AvgIpc) is 3.23. The molecule has 4 rings (SSSR count). The first-order valence-electron chi connectivity index (χ1n) is 8.66. The molecule has 0 bridgehead atoms. The first-order chi connectivity index (χ1) is 14.5. The number of amides is 2.